The molecule has 0 spiro atoms. The van der Waals surface area contributed by atoms with Crippen molar-refractivity contribution >= 4 is 10.2 Å². The summed E-state index contributed by atoms with van der Waals surface area (Å²) in [7, 11) is 3.88. The average Bonchev–Trinajstić information content (AvgIpc) is 2.34. The van der Waals surface area contributed by atoms with Gasteiger partial charge >= 0.3 is 0 Å². The second-order valence-electron chi connectivity index (χ2n) is 3.82. The Balaban J connectivity index is 2.35. The zero-order chi connectivity index (χ0) is 8.27. The topological polar surface area (TPSA) is 0 Å². The molecule has 11 heavy (non-hydrogen) atoms. The molecule has 0 nitrogen and oxygen atoms in total. The monoisotopic (exact) mass is 167 g/mol. The highest BCUT2D eigenvalue weighted by molar-refractivity contribution is 6.12. The Morgan fingerprint density at radius 3 is 2.27 bits per heavy atom. The summed E-state index contributed by atoms with van der Waals surface area (Å²) < 4.78 is 0. The lowest BCUT2D eigenvalue weighted by atomic mass is 9.98. The summed E-state index contributed by atoms with van der Waals surface area (Å²) in [5.41, 5.74) is 0.819. The summed E-state index contributed by atoms with van der Waals surface area (Å²) in [6, 6.07) is 0. The molecule has 3 unspecified atom stereocenters. The molecule has 0 aromatic heterocycles. The fourth-order valence-electron chi connectivity index (χ4n) is 2.32. The molecule has 0 heterocycles. The molecule has 63 valence electrons. The van der Waals surface area contributed by atoms with Crippen LogP contribution in [0.25, 0.3) is 0 Å². The van der Waals surface area contributed by atoms with Crippen LogP contribution in [0.3, 0.4) is 0 Å². The Morgan fingerprint density at radius 1 is 1.18 bits per heavy atom. The number of hydrogen-bond donors (Lipinski definition) is 0. The van der Waals surface area contributed by atoms with E-state index in [2.05, 4.69) is 24.1 Å². The minimum atomic E-state index is 0.819. The first-order chi connectivity index (χ1) is 5.29. The van der Waals surface area contributed by atoms with Crippen molar-refractivity contribution in [3.05, 3.63) is 0 Å². The largest absolute Gasteiger partial charge is 0.0654 e. The van der Waals surface area contributed by atoms with E-state index in [1.807, 2.05) is 0 Å². The van der Waals surface area contributed by atoms with Crippen LogP contribution in [0.1, 0.15) is 46.0 Å². The van der Waals surface area contributed by atoms with Gasteiger partial charge in [-0.15, -0.1) is 0 Å². The Bertz CT molecular complexity index is 111. The van der Waals surface area contributed by atoms with Gasteiger partial charge in [0.1, 0.15) is 0 Å². The molecule has 1 heteroatoms. The standard InChI is InChI=1S/C10H19Si/c1-3-5-9-7-6-8(4-2)10(9)11/h8-10H,3-7H2,1-2H3. The van der Waals surface area contributed by atoms with Crippen LogP contribution < -0.4 is 0 Å². The fourth-order valence-corrected chi connectivity index (χ4v) is 3.06. The Kier molecular flexibility index (Phi) is 3.63. The maximum Gasteiger partial charge on any atom is 0.0273 e. The second kappa shape index (κ2) is 4.29. The first-order valence-electron chi connectivity index (χ1n) is 5.00. The van der Waals surface area contributed by atoms with Gasteiger partial charge < -0.3 is 0 Å². The molecule has 1 rings (SSSR count). The maximum absolute atomic E-state index is 3.88. The van der Waals surface area contributed by atoms with Crippen molar-refractivity contribution in [2.75, 3.05) is 0 Å². The highest BCUT2D eigenvalue weighted by Crippen LogP contribution is 2.43. The minimum Gasteiger partial charge on any atom is -0.0654 e. The van der Waals surface area contributed by atoms with Crippen molar-refractivity contribution in [2.24, 2.45) is 11.8 Å². The number of rotatable bonds is 3. The van der Waals surface area contributed by atoms with E-state index in [0.717, 1.165) is 17.4 Å². The summed E-state index contributed by atoms with van der Waals surface area (Å²) in [5, 5.41) is 0. The van der Waals surface area contributed by atoms with Gasteiger partial charge in [-0.3, -0.25) is 0 Å². The maximum atomic E-state index is 3.88. The van der Waals surface area contributed by atoms with Crippen LogP contribution in [-0.2, 0) is 0 Å². The zero-order valence-electron chi connectivity index (χ0n) is 7.77. The summed E-state index contributed by atoms with van der Waals surface area (Å²) >= 11 is 0. The van der Waals surface area contributed by atoms with E-state index in [9.17, 15) is 0 Å². The molecule has 0 aromatic rings. The molecule has 0 aromatic carbocycles. The Labute approximate surface area is 74.2 Å². The van der Waals surface area contributed by atoms with Crippen LogP contribution in [0.5, 0.6) is 0 Å². The smallest absolute Gasteiger partial charge is 0.0273 e. The first-order valence-corrected chi connectivity index (χ1v) is 5.58. The van der Waals surface area contributed by atoms with Crippen LogP contribution in [0.2, 0.25) is 5.54 Å². The summed E-state index contributed by atoms with van der Waals surface area (Å²) in [6.45, 7) is 4.60. The zero-order valence-corrected chi connectivity index (χ0v) is 8.77. The van der Waals surface area contributed by atoms with Crippen LogP contribution >= 0.6 is 0 Å². The van der Waals surface area contributed by atoms with Crippen LogP contribution in [0.15, 0.2) is 0 Å². The predicted molar refractivity (Wildman–Crippen MR) is 50.9 cm³/mol. The third kappa shape index (κ3) is 2.08. The second-order valence-corrected chi connectivity index (χ2v) is 4.49. The highest BCUT2D eigenvalue weighted by Gasteiger charge is 2.30. The normalized spacial score (nSPS) is 37.9. The van der Waals surface area contributed by atoms with Gasteiger partial charge in [0, 0.05) is 10.2 Å². The molecule has 3 radical (unpaired) electrons. The molecular weight excluding hydrogens is 148 g/mol. The lowest BCUT2D eigenvalue weighted by Gasteiger charge is -2.18. The van der Waals surface area contributed by atoms with Crippen molar-refractivity contribution in [3.63, 3.8) is 0 Å². The van der Waals surface area contributed by atoms with Gasteiger partial charge in [0.15, 0.2) is 0 Å². The van der Waals surface area contributed by atoms with Crippen molar-refractivity contribution in [1.29, 1.82) is 0 Å². The quantitative estimate of drug-likeness (QED) is 0.566. The third-order valence-corrected chi connectivity index (χ3v) is 4.05. The highest BCUT2D eigenvalue weighted by atomic mass is 28.1. The molecule has 0 bridgehead atoms. The Hall–Kier alpha value is 0.217. The molecular formula is C10H19Si. The van der Waals surface area contributed by atoms with Crippen molar-refractivity contribution in [3.8, 4) is 0 Å². The van der Waals surface area contributed by atoms with E-state index < -0.39 is 0 Å². The molecule has 1 fully saturated rings. The van der Waals surface area contributed by atoms with Crippen LogP contribution in [-0.4, -0.2) is 10.2 Å². The van der Waals surface area contributed by atoms with E-state index in [1.165, 1.54) is 32.1 Å². The molecule has 1 aliphatic rings. The average molecular weight is 167 g/mol. The van der Waals surface area contributed by atoms with Crippen molar-refractivity contribution in [1.82, 2.24) is 0 Å². The molecule has 3 atom stereocenters. The molecule has 0 amide bonds. The van der Waals surface area contributed by atoms with Gasteiger partial charge in [-0.2, -0.15) is 0 Å². The fraction of sp³-hybridized carbons (Fsp3) is 1.00. The van der Waals surface area contributed by atoms with Gasteiger partial charge in [-0.25, -0.2) is 0 Å². The summed E-state index contributed by atoms with van der Waals surface area (Å²) in [4.78, 5) is 0. The first kappa shape index (κ1) is 9.31. The van der Waals surface area contributed by atoms with Crippen molar-refractivity contribution in [2.45, 2.75) is 51.5 Å². The van der Waals surface area contributed by atoms with E-state index in [0.29, 0.717) is 0 Å². The lowest BCUT2D eigenvalue weighted by Crippen LogP contribution is -2.07. The van der Waals surface area contributed by atoms with Crippen LogP contribution in [0.4, 0.5) is 0 Å². The van der Waals surface area contributed by atoms with Gasteiger partial charge in [0.25, 0.3) is 0 Å². The summed E-state index contributed by atoms with van der Waals surface area (Å²) in [5.74, 6) is 1.94. The van der Waals surface area contributed by atoms with Gasteiger partial charge in [0.2, 0.25) is 0 Å². The molecule has 0 saturated heterocycles. The van der Waals surface area contributed by atoms with E-state index in [4.69, 9.17) is 0 Å². The van der Waals surface area contributed by atoms with E-state index >= 15 is 0 Å². The third-order valence-electron chi connectivity index (χ3n) is 3.11. The minimum absolute atomic E-state index is 0.819. The van der Waals surface area contributed by atoms with Gasteiger partial charge in [-0.05, 0) is 17.4 Å². The molecule has 1 saturated carbocycles. The van der Waals surface area contributed by atoms with Gasteiger partial charge in [0.05, 0.1) is 0 Å². The van der Waals surface area contributed by atoms with E-state index in [1.54, 1.807) is 0 Å². The molecule has 1 aliphatic carbocycles. The molecule has 0 aliphatic heterocycles. The number of hydrogen-bond acceptors (Lipinski definition) is 0. The SMILES string of the molecule is CCCC1CCC(CC)C1[Si]. The predicted octanol–water partition coefficient (Wildman–Crippen LogP) is 3.18. The van der Waals surface area contributed by atoms with Gasteiger partial charge in [-0.1, -0.05) is 46.0 Å². The van der Waals surface area contributed by atoms with E-state index in [-0.39, 0.29) is 0 Å². The lowest BCUT2D eigenvalue weighted by molar-refractivity contribution is 0.454. The summed E-state index contributed by atoms with van der Waals surface area (Å²) in [6.07, 6.45) is 7.04. The Morgan fingerprint density at radius 2 is 1.82 bits per heavy atom. The molecule has 0 N–H and O–H groups in total. The van der Waals surface area contributed by atoms with Crippen molar-refractivity contribution < 1.29 is 0 Å². The van der Waals surface area contributed by atoms with Crippen LogP contribution in [0, 0.1) is 11.8 Å².